The highest BCUT2D eigenvalue weighted by Gasteiger charge is 2.61. The molecular formula is C19H17Cl2F3O2. The summed E-state index contributed by atoms with van der Waals surface area (Å²) in [5.74, 6) is -2.84. The maximum absolute atomic E-state index is 14.2. The molecule has 0 aliphatic heterocycles. The van der Waals surface area contributed by atoms with E-state index in [1.54, 1.807) is 0 Å². The van der Waals surface area contributed by atoms with Crippen LogP contribution in [0.25, 0.3) is 0 Å². The summed E-state index contributed by atoms with van der Waals surface area (Å²) in [6.07, 6.45) is 6.21. The fraction of sp³-hybridized carbons (Fsp3) is 0.421. The summed E-state index contributed by atoms with van der Waals surface area (Å²) in [5.41, 5.74) is -1.43. The molecule has 26 heavy (non-hydrogen) atoms. The van der Waals surface area contributed by atoms with E-state index in [9.17, 15) is 18.0 Å². The van der Waals surface area contributed by atoms with Crippen LogP contribution in [0.2, 0.25) is 0 Å². The van der Waals surface area contributed by atoms with Gasteiger partial charge in [-0.15, -0.1) is 12.3 Å². The van der Waals surface area contributed by atoms with Crippen LogP contribution in [0.15, 0.2) is 10.6 Å². The van der Waals surface area contributed by atoms with Crippen molar-refractivity contribution in [3.05, 3.63) is 44.7 Å². The van der Waals surface area contributed by atoms with Crippen LogP contribution in [-0.4, -0.2) is 5.97 Å². The quantitative estimate of drug-likeness (QED) is 0.381. The zero-order valence-electron chi connectivity index (χ0n) is 14.4. The minimum atomic E-state index is -1.36. The second kappa shape index (κ2) is 7.54. The molecule has 1 aromatic carbocycles. The normalized spacial score (nSPS) is 20.3. The number of halogens is 5. The van der Waals surface area contributed by atoms with Crippen molar-refractivity contribution in [1.29, 1.82) is 0 Å². The SMILES string of the molecule is C#CCc1c(F)c(C)c(COC(=O)[C@@H]2[C@@H](C=C(Cl)Cl)C2(C)C)c(F)c1F. The molecule has 0 amide bonds. The first-order chi connectivity index (χ1) is 12.0. The van der Waals surface area contributed by atoms with E-state index in [0.29, 0.717) is 0 Å². The molecule has 0 radical (unpaired) electrons. The summed E-state index contributed by atoms with van der Waals surface area (Å²) in [5, 5.41) is 0. The third-order valence-corrected chi connectivity index (χ3v) is 5.13. The Bertz CT molecular complexity index is 792. The second-order valence-electron chi connectivity index (χ2n) is 6.79. The molecule has 0 saturated heterocycles. The Balaban J connectivity index is 2.20. The summed E-state index contributed by atoms with van der Waals surface area (Å²) in [7, 11) is 0. The average Bonchev–Trinajstić information content (AvgIpc) is 3.09. The number of carbonyl (C=O) groups is 1. The van der Waals surface area contributed by atoms with Gasteiger partial charge >= 0.3 is 5.97 Å². The maximum Gasteiger partial charge on any atom is 0.310 e. The lowest BCUT2D eigenvalue weighted by Gasteiger charge is -2.13. The molecule has 1 aromatic rings. The molecule has 1 fully saturated rings. The Labute approximate surface area is 160 Å². The predicted molar refractivity (Wildman–Crippen MR) is 93.9 cm³/mol. The Morgan fingerprint density at radius 3 is 2.35 bits per heavy atom. The molecule has 0 N–H and O–H groups in total. The van der Waals surface area contributed by atoms with E-state index in [1.165, 1.54) is 13.0 Å². The van der Waals surface area contributed by atoms with Crippen LogP contribution in [0.4, 0.5) is 13.2 Å². The number of allylic oxidation sites excluding steroid dienone is 1. The number of benzene rings is 1. The molecule has 0 spiro atoms. The molecule has 0 unspecified atom stereocenters. The zero-order chi connectivity index (χ0) is 19.8. The second-order valence-corrected chi connectivity index (χ2v) is 7.80. The van der Waals surface area contributed by atoms with Crippen molar-refractivity contribution < 1.29 is 22.7 Å². The molecule has 2 nitrogen and oxygen atoms in total. The minimum Gasteiger partial charge on any atom is -0.460 e. The van der Waals surface area contributed by atoms with Gasteiger partial charge in [-0.25, -0.2) is 13.2 Å². The summed E-state index contributed by atoms with van der Waals surface area (Å²) in [4.78, 5) is 12.3. The Hall–Kier alpha value is -1.64. The van der Waals surface area contributed by atoms with Gasteiger partial charge in [-0.2, -0.15) is 0 Å². The smallest absolute Gasteiger partial charge is 0.310 e. The molecule has 2 atom stereocenters. The maximum atomic E-state index is 14.2. The third-order valence-electron chi connectivity index (χ3n) is 4.88. The van der Waals surface area contributed by atoms with E-state index in [-0.39, 0.29) is 28.0 Å². The number of rotatable bonds is 5. The fourth-order valence-corrected chi connectivity index (χ4v) is 3.39. The van der Waals surface area contributed by atoms with Crippen molar-refractivity contribution in [1.82, 2.24) is 0 Å². The standard InChI is InChI=1S/C19H17Cl2F3O2/c1-5-6-10-15(22)9(2)11(17(24)16(10)23)8-26-18(25)14-12(7-13(20)21)19(14,3)4/h1,7,12,14H,6,8H2,2-4H3/t12-,14+/m1/s1. The van der Waals surface area contributed by atoms with Crippen molar-refractivity contribution in [3.8, 4) is 12.3 Å². The Kier molecular flexibility index (Phi) is 5.99. The van der Waals surface area contributed by atoms with Crippen LogP contribution in [-0.2, 0) is 22.6 Å². The molecular weight excluding hydrogens is 388 g/mol. The minimum absolute atomic E-state index is 0.0357. The van der Waals surface area contributed by atoms with E-state index in [1.807, 2.05) is 13.8 Å². The number of hydrogen-bond donors (Lipinski definition) is 0. The summed E-state index contributed by atoms with van der Waals surface area (Å²) in [6, 6.07) is 0. The van der Waals surface area contributed by atoms with Crippen molar-refractivity contribution in [3.63, 3.8) is 0 Å². The van der Waals surface area contributed by atoms with Crippen molar-refractivity contribution >= 4 is 29.2 Å². The van der Waals surface area contributed by atoms with Crippen molar-refractivity contribution in [2.45, 2.75) is 33.8 Å². The largest absolute Gasteiger partial charge is 0.460 e. The monoisotopic (exact) mass is 404 g/mol. The van der Waals surface area contributed by atoms with E-state index < -0.39 is 46.9 Å². The lowest BCUT2D eigenvalue weighted by atomic mass is 10.0. The predicted octanol–water partition coefficient (Wildman–Crippen LogP) is 5.22. The fourth-order valence-electron chi connectivity index (χ4n) is 3.12. The van der Waals surface area contributed by atoms with Crippen molar-refractivity contribution in [2.24, 2.45) is 17.3 Å². The lowest BCUT2D eigenvalue weighted by molar-refractivity contribution is -0.147. The van der Waals surface area contributed by atoms with Crippen LogP contribution < -0.4 is 0 Å². The van der Waals surface area contributed by atoms with Gasteiger partial charge in [0.15, 0.2) is 11.6 Å². The van der Waals surface area contributed by atoms with E-state index in [0.717, 1.165) is 0 Å². The molecule has 1 aliphatic carbocycles. The van der Waals surface area contributed by atoms with Gasteiger partial charge < -0.3 is 4.74 Å². The third kappa shape index (κ3) is 3.72. The van der Waals surface area contributed by atoms with Gasteiger partial charge in [0.25, 0.3) is 0 Å². The van der Waals surface area contributed by atoms with Crippen LogP contribution in [0.5, 0.6) is 0 Å². The first-order valence-corrected chi connectivity index (χ1v) is 8.57. The molecule has 0 aromatic heterocycles. The van der Waals surface area contributed by atoms with Gasteiger partial charge in [0, 0.05) is 17.5 Å². The molecule has 1 saturated carbocycles. The van der Waals surface area contributed by atoms with Gasteiger partial charge in [0.2, 0.25) is 0 Å². The number of carbonyl (C=O) groups excluding carboxylic acids is 1. The zero-order valence-corrected chi connectivity index (χ0v) is 15.9. The first kappa shape index (κ1) is 20.7. The van der Waals surface area contributed by atoms with E-state index >= 15 is 0 Å². The Morgan fingerprint density at radius 2 is 1.81 bits per heavy atom. The van der Waals surface area contributed by atoms with Crippen LogP contribution in [0.3, 0.4) is 0 Å². The molecule has 7 heteroatoms. The van der Waals surface area contributed by atoms with Gasteiger partial charge in [0.1, 0.15) is 16.9 Å². The molecule has 0 heterocycles. The number of ether oxygens (including phenoxy) is 1. The molecule has 140 valence electrons. The van der Waals surface area contributed by atoms with Crippen LogP contribution >= 0.6 is 23.2 Å². The lowest BCUT2D eigenvalue weighted by Crippen LogP contribution is -2.14. The number of esters is 1. The van der Waals surface area contributed by atoms with Gasteiger partial charge in [0.05, 0.1) is 5.92 Å². The van der Waals surface area contributed by atoms with Gasteiger partial charge in [-0.1, -0.05) is 37.0 Å². The van der Waals surface area contributed by atoms with Crippen LogP contribution in [0, 0.1) is 54.0 Å². The highest BCUT2D eigenvalue weighted by Crippen LogP contribution is 2.60. The van der Waals surface area contributed by atoms with Crippen LogP contribution in [0.1, 0.15) is 30.5 Å². The van der Waals surface area contributed by atoms with Gasteiger partial charge in [-0.3, -0.25) is 4.79 Å². The summed E-state index contributed by atoms with van der Waals surface area (Å²) < 4.78 is 47.6. The number of terminal acetylenes is 1. The molecule has 2 rings (SSSR count). The van der Waals surface area contributed by atoms with E-state index in [4.69, 9.17) is 34.4 Å². The topological polar surface area (TPSA) is 26.3 Å². The van der Waals surface area contributed by atoms with Crippen molar-refractivity contribution in [2.75, 3.05) is 0 Å². The summed E-state index contributed by atoms with van der Waals surface area (Å²) >= 11 is 11.3. The number of hydrogen-bond acceptors (Lipinski definition) is 2. The van der Waals surface area contributed by atoms with Gasteiger partial charge in [-0.05, 0) is 29.9 Å². The molecule has 0 bridgehead atoms. The van der Waals surface area contributed by atoms with E-state index in [2.05, 4.69) is 5.92 Å². The Morgan fingerprint density at radius 1 is 1.23 bits per heavy atom. The summed E-state index contributed by atoms with van der Waals surface area (Å²) in [6.45, 7) is 4.35. The first-order valence-electron chi connectivity index (χ1n) is 7.81. The highest BCUT2D eigenvalue weighted by atomic mass is 35.5. The highest BCUT2D eigenvalue weighted by molar-refractivity contribution is 6.55. The molecule has 1 aliphatic rings. The average molecular weight is 405 g/mol.